The van der Waals surface area contributed by atoms with Crippen LogP contribution in [0, 0.1) is 18.3 Å². The predicted octanol–water partition coefficient (Wildman–Crippen LogP) is 1.65. The van der Waals surface area contributed by atoms with Gasteiger partial charge in [0.2, 0.25) is 0 Å². The molecular weight excluding hydrogens is 200 g/mol. The van der Waals surface area contributed by atoms with E-state index in [0.717, 1.165) is 24.4 Å². The van der Waals surface area contributed by atoms with Crippen molar-refractivity contribution >= 4 is 0 Å². The molecule has 0 spiro atoms. The van der Waals surface area contributed by atoms with Gasteiger partial charge in [0.05, 0.1) is 18.7 Å². The lowest BCUT2D eigenvalue weighted by atomic mass is 9.86. The summed E-state index contributed by atoms with van der Waals surface area (Å²) >= 11 is 0. The smallest absolute Gasteiger partial charge is 0.110 e. The zero-order chi connectivity index (χ0) is 11.8. The van der Waals surface area contributed by atoms with Gasteiger partial charge in [-0.3, -0.25) is 4.68 Å². The van der Waals surface area contributed by atoms with E-state index in [1.807, 2.05) is 30.9 Å². The number of nitriles is 1. The second-order valence-corrected chi connectivity index (χ2v) is 4.61. The molecule has 1 aliphatic heterocycles. The first-order valence-corrected chi connectivity index (χ1v) is 5.36. The lowest BCUT2D eigenvalue weighted by molar-refractivity contribution is 0.0333. The summed E-state index contributed by atoms with van der Waals surface area (Å²) < 4.78 is 1.94. The second-order valence-electron chi connectivity index (χ2n) is 4.61. The first kappa shape index (κ1) is 10.7. The first-order valence-electron chi connectivity index (χ1n) is 5.36. The average molecular weight is 216 g/mol. The fraction of sp³-hybridized carbons (Fsp3) is 0.500. The number of rotatable bonds is 3. The Hall–Kier alpha value is -1.76. The molecular formula is C12H16N4. The van der Waals surface area contributed by atoms with Crippen LogP contribution in [-0.2, 0) is 5.54 Å². The Kier molecular flexibility index (Phi) is 2.47. The van der Waals surface area contributed by atoms with Crippen LogP contribution in [-0.4, -0.2) is 27.8 Å². The van der Waals surface area contributed by atoms with Gasteiger partial charge in [0.15, 0.2) is 0 Å². The molecule has 1 aromatic rings. The van der Waals surface area contributed by atoms with Crippen LogP contribution in [0.4, 0.5) is 0 Å². The van der Waals surface area contributed by atoms with Gasteiger partial charge in [-0.1, -0.05) is 6.58 Å². The predicted molar refractivity (Wildman–Crippen MR) is 61.6 cm³/mol. The van der Waals surface area contributed by atoms with Crippen molar-refractivity contribution in [2.75, 3.05) is 13.1 Å². The SMILES string of the molecule is C=C(C)N1CC(CC#N)(n2cc(C)cn2)C1. The summed E-state index contributed by atoms with van der Waals surface area (Å²) in [5.74, 6) is 0. The summed E-state index contributed by atoms with van der Waals surface area (Å²) in [6.07, 6.45) is 4.34. The van der Waals surface area contributed by atoms with Crippen molar-refractivity contribution in [2.45, 2.75) is 25.8 Å². The van der Waals surface area contributed by atoms with Crippen LogP contribution in [0.3, 0.4) is 0 Å². The maximum Gasteiger partial charge on any atom is 0.110 e. The lowest BCUT2D eigenvalue weighted by Gasteiger charge is -2.50. The van der Waals surface area contributed by atoms with Gasteiger partial charge in [-0.2, -0.15) is 10.4 Å². The molecule has 0 saturated carbocycles. The minimum Gasteiger partial charge on any atom is -0.370 e. The number of nitrogens with zero attached hydrogens (tertiary/aromatic N) is 4. The molecule has 0 aliphatic carbocycles. The highest BCUT2D eigenvalue weighted by atomic mass is 15.4. The third kappa shape index (κ3) is 1.58. The summed E-state index contributed by atoms with van der Waals surface area (Å²) in [6.45, 7) is 9.58. The molecule has 2 rings (SSSR count). The monoisotopic (exact) mass is 216 g/mol. The lowest BCUT2D eigenvalue weighted by Crippen LogP contribution is -2.61. The molecule has 4 nitrogen and oxygen atoms in total. The summed E-state index contributed by atoms with van der Waals surface area (Å²) in [5, 5.41) is 13.3. The Bertz CT molecular complexity index is 446. The number of aromatic nitrogens is 2. The molecule has 0 aromatic carbocycles. The summed E-state index contributed by atoms with van der Waals surface area (Å²) in [4.78, 5) is 2.17. The van der Waals surface area contributed by atoms with E-state index in [1.54, 1.807) is 0 Å². The molecule has 2 heterocycles. The highest BCUT2D eigenvalue weighted by Gasteiger charge is 2.45. The van der Waals surface area contributed by atoms with Gasteiger partial charge in [-0.05, 0) is 19.4 Å². The van der Waals surface area contributed by atoms with Crippen LogP contribution < -0.4 is 0 Å². The molecule has 1 aromatic heterocycles. The normalized spacial score (nSPS) is 17.7. The summed E-state index contributed by atoms with van der Waals surface area (Å²) in [5.41, 5.74) is 2.03. The van der Waals surface area contributed by atoms with Crippen molar-refractivity contribution in [1.29, 1.82) is 5.26 Å². The minimum absolute atomic E-state index is 0.151. The van der Waals surface area contributed by atoms with Gasteiger partial charge < -0.3 is 4.90 Å². The van der Waals surface area contributed by atoms with Crippen LogP contribution in [0.2, 0.25) is 0 Å². The molecule has 0 unspecified atom stereocenters. The van der Waals surface area contributed by atoms with Crippen molar-refractivity contribution in [3.63, 3.8) is 0 Å². The highest BCUT2D eigenvalue weighted by molar-refractivity contribution is 5.13. The quantitative estimate of drug-likeness (QED) is 0.771. The van der Waals surface area contributed by atoms with Gasteiger partial charge in [-0.25, -0.2) is 0 Å². The van der Waals surface area contributed by atoms with Gasteiger partial charge in [0.25, 0.3) is 0 Å². The fourth-order valence-corrected chi connectivity index (χ4v) is 2.09. The number of likely N-dealkylation sites (tertiary alicyclic amines) is 1. The number of hydrogen-bond acceptors (Lipinski definition) is 3. The Labute approximate surface area is 95.8 Å². The Morgan fingerprint density at radius 3 is 2.81 bits per heavy atom. The molecule has 4 heteroatoms. The van der Waals surface area contributed by atoms with E-state index >= 15 is 0 Å². The van der Waals surface area contributed by atoms with Crippen LogP contribution in [0.25, 0.3) is 0 Å². The van der Waals surface area contributed by atoms with Crippen LogP contribution in [0.5, 0.6) is 0 Å². The van der Waals surface area contributed by atoms with E-state index in [2.05, 4.69) is 22.6 Å². The maximum atomic E-state index is 8.93. The van der Waals surface area contributed by atoms with Crippen molar-refractivity contribution in [2.24, 2.45) is 0 Å². The molecule has 1 aliphatic rings. The van der Waals surface area contributed by atoms with Crippen molar-refractivity contribution in [3.05, 3.63) is 30.2 Å². The third-order valence-electron chi connectivity index (χ3n) is 3.12. The molecule has 1 fully saturated rings. The minimum atomic E-state index is -0.151. The summed E-state index contributed by atoms with van der Waals surface area (Å²) in [7, 11) is 0. The fourth-order valence-electron chi connectivity index (χ4n) is 2.09. The van der Waals surface area contributed by atoms with Crippen molar-refractivity contribution in [3.8, 4) is 6.07 Å². The molecule has 0 N–H and O–H groups in total. The molecule has 84 valence electrons. The van der Waals surface area contributed by atoms with E-state index in [4.69, 9.17) is 5.26 Å². The zero-order valence-corrected chi connectivity index (χ0v) is 9.77. The second kappa shape index (κ2) is 3.67. The zero-order valence-electron chi connectivity index (χ0n) is 9.77. The van der Waals surface area contributed by atoms with Crippen molar-refractivity contribution < 1.29 is 0 Å². The summed E-state index contributed by atoms with van der Waals surface area (Å²) in [6, 6.07) is 2.26. The molecule has 0 amide bonds. The van der Waals surface area contributed by atoms with Crippen molar-refractivity contribution in [1.82, 2.24) is 14.7 Å². The van der Waals surface area contributed by atoms with E-state index in [-0.39, 0.29) is 5.54 Å². The van der Waals surface area contributed by atoms with E-state index in [0.29, 0.717) is 6.42 Å². The maximum absolute atomic E-state index is 8.93. The van der Waals surface area contributed by atoms with Crippen LogP contribution in [0.15, 0.2) is 24.7 Å². The molecule has 16 heavy (non-hydrogen) atoms. The Morgan fingerprint density at radius 2 is 2.38 bits per heavy atom. The average Bonchev–Trinajstić information content (AvgIpc) is 2.57. The van der Waals surface area contributed by atoms with E-state index < -0.39 is 0 Å². The van der Waals surface area contributed by atoms with Gasteiger partial charge in [0, 0.05) is 25.0 Å². The Morgan fingerprint density at radius 1 is 1.69 bits per heavy atom. The van der Waals surface area contributed by atoms with Gasteiger partial charge in [0.1, 0.15) is 5.54 Å². The third-order valence-corrected chi connectivity index (χ3v) is 3.12. The topological polar surface area (TPSA) is 44.9 Å². The molecule has 0 atom stereocenters. The highest BCUT2D eigenvalue weighted by Crippen LogP contribution is 2.33. The largest absolute Gasteiger partial charge is 0.370 e. The number of hydrogen-bond donors (Lipinski definition) is 0. The standard InChI is InChI=1S/C12H16N4/c1-10(2)15-8-12(9-15,4-5-13)16-7-11(3)6-14-16/h6-7H,1,4,8-9H2,2-3H3. The molecule has 0 radical (unpaired) electrons. The molecule has 0 bridgehead atoms. The Balaban J connectivity index is 2.21. The first-order chi connectivity index (χ1) is 7.57. The van der Waals surface area contributed by atoms with Gasteiger partial charge >= 0.3 is 0 Å². The van der Waals surface area contributed by atoms with Gasteiger partial charge in [-0.15, -0.1) is 0 Å². The number of allylic oxidation sites excluding steroid dienone is 1. The van der Waals surface area contributed by atoms with Crippen LogP contribution >= 0.6 is 0 Å². The van der Waals surface area contributed by atoms with E-state index in [1.165, 1.54) is 0 Å². The van der Waals surface area contributed by atoms with Crippen LogP contribution in [0.1, 0.15) is 18.9 Å². The van der Waals surface area contributed by atoms with E-state index in [9.17, 15) is 0 Å². The molecule has 1 saturated heterocycles. The number of aryl methyl sites for hydroxylation is 1.